The third kappa shape index (κ3) is 4.50. The molecule has 2 amide bonds. The quantitative estimate of drug-likeness (QED) is 0.335. The molecule has 0 radical (unpaired) electrons. The maximum atomic E-state index is 14.0. The highest BCUT2D eigenvalue weighted by atomic mass is 35.5. The van der Waals surface area contributed by atoms with Gasteiger partial charge in [-0.1, -0.05) is 23.7 Å². The van der Waals surface area contributed by atoms with Crippen LogP contribution in [0, 0.1) is 0 Å². The summed E-state index contributed by atoms with van der Waals surface area (Å²) in [7, 11) is 0. The van der Waals surface area contributed by atoms with Gasteiger partial charge < -0.3 is 18.6 Å². The smallest absolute Gasteiger partial charge is 0.261 e. The van der Waals surface area contributed by atoms with E-state index in [1.807, 2.05) is 68.6 Å². The highest BCUT2D eigenvalue weighted by molar-refractivity contribution is 6.30. The van der Waals surface area contributed by atoms with E-state index < -0.39 is 6.04 Å². The number of para-hydroxylation sites is 2. The Kier molecular flexibility index (Phi) is 6.57. The van der Waals surface area contributed by atoms with Crippen LogP contribution >= 0.6 is 11.6 Å². The van der Waals surface area contributed by atoms with Crippen molar-refractivity contribution >= 4 is 29.1 Å². The Hall–Kier alpha value is -3.97. The number of nitrogens with zero attached hydrogens (tertiary/aromatic N) is 3. The van der Waals surface area contributed by atoms with Crippen molar-refractivity contribution in [1.82, 2.24) is 9.47 Å². The molecular formula is C28H26ClN3O4. The molecule has 8 heteroatoms. The third-order valence-corrected chi connectivity index (χ3v) is 6.48. The first kappa shape index (κ1) is 23.8. The van der Waals surface area contributed by atoms with Gasteiger partial charge in [0.25, 0.3) is 5.91 Å². The molecule has 36 heavy (non-hydrogen) atoms. The van der Waals surface area contributed by atoms with E-state index in [9.17, 15) is 9.59 Å². The number of carbonyl (C=O) groups is 2. The lowest BCUT2D eigenvalue weighted by molar-refractivity contribution is -0.138. The normalized spacial score (nSPS) is 14.3. The molecule has 0 spiro atoms. The van der Waals surface area contributed by atoms with E-state index in [1.54, 1.807) is 35.4 Å². The topological polar surface area (TPSA) is 67.9 Å². The van der Waals surface area contributed by atoms with Gasteiger partial charge in [-0.15, -0.1) is 0 Å². The average molecular weight is 504 g/mol. The van der Waals surface area contributed by atoms with Crippen molar-refractivity contribution in [3.63, 3.8) is 0 Å². The van der Waals surface area contributed by atoms with Gasteiger partial charge in [0.1, 0.15) is 24.1 Å². The van der Waals surface area contributed by atoms with Crippen LogP contribution in [0.4, 0.5) is 5.69 Å². The summed E-state index contributed by atoms with van der Waals surface area (Å²) in [5.74, 6) is 0.680. The minimum absolute atomic E-state index is 0.104. The Bertz CT molecular complexity index is 1360. The van der Waals surface area contributed by atoms with Crippen molar-refractivity contribution in [2.24, 2.45) is 0 Å². The van der Waals surface area contributed by atoms with Crippen molar-refractivity contribution < 1.29 is 18.7 Å². The lowest BCUT2D eigenvalue weighted by atomic mass is 10.0. The standard InChI is InChI=1S/C28H26ClN3O4/c1-19(2)31(27(34)18-36-21-13-11-20(29)12-14-21)17-26(33)32-23-8-4-3-7-22(23)30-15-5-9-24(30)28(32)25-10-6-16-35-25/h3-16,19,28H,17-18H2,1-2H3. The van der Waals surface area contributed by atoms with Crippen molar-refractivity contribution in [2.45, 2.75) is 25.9 Å². The zero-order valence-electron chi connectivity index (χ0n) is 20.0. The molecule has 1 aliphatic heterocycles. The van der Waals surface area contributed by atoms with Crippen molar-refractivity contribution in [3.8, 4) is 11.4 Å². The summed E-state index contributed by atoms with van der Waals surface area (Å²) in [5.41, 5.74) is 2.55. The zero-order valence-corrected chi connectivity index (χ0v) is 20.8. The molecule has 3 heterocycles. The molecule has 2 aromatic heterocycles. The van der Waals surface area contributed by atoms with Crippen LogP contribution in [0.1, 0.15) is 31.3 Å². The Balaban J connectivity index is 1.43. The van der Waals surface area contributed by atoms with Crippen LogP contribution < -0.4 is 9.64 Å². The minimum Gasteiger partial charge on any atom is -0.484 e. The number of fused-ring (bicyclic) bond motifs is 3. The first-order chi connectivity index (χ1) is 17.4. The molecule has 2 aromatic carbocycles. The van der Waals surface area contributed by atoms with Gasteiger partial charge in [0, 0.05) is 17.3 Å². The molecule has 5 rings (SSSR count). The maximum Gasteiger partial charge on any atom is 0.261 e. The van der Waals surface area contributed by atoms with Gasteiger partial charge in [-0.25, -0.2) is 0 Å². The fourth-order valence-electron chi connectivity index (χ4n) is 4.52. The first-order valence-corrected chi connectivity index (χ1v) is 12.1. The van der Waals surface area contributed by atoms with E-state index in [1.165, 1.54) is 4.90 Å². The van der Waals surface area contributed by atoms with Crippen LogP contribution in [0.2, 0.25) is 5.02 Å². The molecule has 1 aliphatic rings. The molecule has 0 aliphatic carbocycles. The Morgan fingerprint density at radius 3 is 2.44 bits per heavy atom. The number of hydrogen-bond donors (Lipinski definition) is 0. The number of benzene rings is 2. The number of carbonyl (C=O) groups excluding carboxylic acids is 2. The van der Waals surface area contributed by atoms with Gasteiger partial charge in [0.05, 0.1) is 23.3 Å². The van der Waals surface area contributed by atoms with Crippen molar-refractivity contribution in [2.75, 3.05) is 18.1 Å². The predicted octanol–water partition coefficient (Wildman–Crippen LogP) is 5.48. The Morgan fingerprint density at radius 1 is 1.00 bits per heavy atom. The lowest BCUT2D eigenvalue weighted by Crippen LogP contribution is -2.49. The van der Waals surface area contributed by atoms with Crippen LogP contribution in [0.5, 0.6) is 5.75 Å². The van der Waals surface area contributed by atoms with Crippen LogP contribution in [0.15, 0.2) is 89.7 Å². The van der Waals surface area contributed by atoms with E-state index >= 15 is 0 Å². The summed E-state index contributed by atoms with van der Waals surface area (Å²) in [4.78, 5) is 30.4. The first-order valence-electron chi connectivity index (χ1n) is 11.7. The second-order valence-corrected chi connectivity index (χ2v) is 9.27. The van der Waals surface area contributed by atoms with Gasteiger partial charge in [0.15, 0.2) is 6.61 Å². The molecule has 184 valence electrons. The molecule has 0 saturated heterocycles. The monoisotopic (exact) mass is 503 g/mol. The SMILES string of the molecule is CC(C)N(CC(=O)N1c2ccccc2-n2cccc2C1c1ccco1)C(=O)COc1ccc(Cl)cc1. The van der Waals surface area contributed by atoms with E-state index in [2.05, 4.69) is 4.57 Å². The fraction of sp³-hybridized carbons (Fsp3) is 0.214. The highest BCUT2D eigenvalue weighted by Gasteiger charge is 2.38. The molecule has 1 atom stereocenters. The van der Waals surface area contributed by atoms with Gasteiger partial charge >= 0.3 is 0 Å². The predicted molar refractivity (Wildman–Crippen MR) is 138 cm³/mol. The van der Waals surface area contributed by atoms with Crippen molar-refractivity contribution in [1.29, 1.82) is 0 Å². The highest BCUT2D eigenvalue weighted by Crippen LogP contribution is 2.42. The number of halogens is 1. The van der Waals surface area contributed by atoms with Crippen LogP contribution in [0.3, 0.4) is 0 Å². The van der Waals surface area contributed by atoms with E-state index in [-0.39, 0.29) is 31.0 Å². The molecule has 0 fully saturated rings. The summed E-state index contributed by atoms with van der Waals surface area (Å²) >= 11 is 5.93. The van der Waals surface area contributed by atoms with Crippen LogP contribution in [-0.2, 0) is 9.59 Å². The molecular weight excluding hydrogens is 478 g/mol. The second kappa shape index (κ2) is 9.95. The number of aromatic nitrogens is 1. The Morgan fingerprint density at radius 2 is 1.75 bits per heavy atom. The number of furan rings is 1. The summed E-state index contributed by atoms with van der Waals surface area (Å²) < 4.78 is 13.5. The number of anilines is 1. The number of ether oxygens (including phenoxy) is 1. The second-order valence-electron chi connectivity index (χ2n) is 8.83. The molecule has 0 N–H and O–H groups in total. The summed E-state index contributed by atoms with van der Waals surface area (Å²) in [5, 5.41) is 0.585. The maximum absolute atomic E-state index is 14.0. The summed E-state index contributed by atoms with van der Waals surface area (Å²) in [6.07, 6.45) is 3.58. The van der Waals surface area contributed by atoms with Gasteiger partial charge in [-0.05, 0) is 74.5 Å². The third-order valence-electron chi connectivity index (χ3n) is 6.23. The number of hydrogen-bond acceptors (Lipinski definition) is 4. The number of rotatable bonds is 7. The summed E-state index contributed by atoms with van der Waals surface area (Å²) in [6, 6.07) is 21.5. The van der Waals surface area contributed by atoms with Gasteiger partial charge in [0.2, 0.25) is 5.91 Å². The zero-order chi connectivity index (χ0) is 25.2. The van der Waals surface area contributed by atoms with Crippen LogP contribution in [0.25, 0.3) is 5.69 Å². The molecule has 1 unspecified atom stereocenters. The van der Waals surface area contributed by atoms with Gasteiger partial charge in [-0.2, -0.15) is 0 Å². The van der Waals surface area contributed by atoms with E-state index in [4.69, 9.17) is 20.8 Å². The van der Waals surface area contributed by atoms with E-state index in [0.29, 0.717) is 16.5 Å². The molecule has 0 saturated carbocycles. The van der Waals surface area contributed by atoms with Crippen LogP contribution in [-0.4, -0.2) is 40.5 Å². The molecule has 7 nitrogen and oxygen atoms in total. The van der Waals surface area contributed by atoms with E-state index in [0.717, 1.165) is 17.1 Å². The largest absolute Gasteiger partial charge is 0.484 e. The van der Waals surface area contributed by atoms with Crippen molar-refractivity contribution in [3.05, 3.63) is 102 Å². The van der Waals surface area contributed by atoms with Gasteiger partial charge in [-0.3, -0.25) is 14.5 Å². The number of amides is 2. The lowest BCUT2D eigenvalue weighted by Gasteiger charge is -2.38. The average Bonchev–Trinajstić information content (AvgIpc) is 3.58. The fourth-order valence-corrected chi connectivity index (χ4v) is 4.64. The Labute approximate surface area is 214 Å². The molecule has 4 aromatic rings. The summed E-state index contributed by atoms with van der Waals surface area (Å²) in [6.45, 7) is 3.47. The molecule has 0 bridgehead atoms. The minimum atomic E-state index is -0.466.